The number of rotatable bonds is 2. The molecule has 0 amide bonds. The quantitative estimate of drug-likeness (QED) is 0.575. The van der Waals surface area contributed by atoms with E-state index in [0.717, 1.165) is 16.6 Å². The third-order valence-corrected chi connectivity index (χ3v) is 3.93. The van der Waals surface area contributed by atoms with Crippen LogP contribution in [-0.2, 0) is 0 Å². The molecule has 0 fully saturated rings. The molecule has 2 aromatic carbocycles. The van der Waals surface area contributed by atoms with Crippen LogP contribution in [0.4, 0.5) is 4.39 Å². The fourth-order valence-electron chi connectivity index (χ4n) is 2.43. The first-order valence-corrected chi connectivity index (χ1v) is 7.38. The van der Waals surface area contributed by atoms with E-state index in [4.69, 9.17) is 23.2 Å². The first-order valence-electron chi connectivity index (χ1n) is 6.56. The van der Waals surface area contributed by atoms with Crippen LogP contribution in [0.15, 0.2) is 36.4 Å². The number of aryl methyl sites for hydroxylation is 1. The van der Waals surface area contributed by atoms with Crippen LogP contribution in [0.1, 0.15) is 23.7 Å². The number of hydrogen-bond donors (Lipinski definition) is 0. The Labute approximate surface area is 132 Å². The second-order valence-electron chi connectivity index (χ2n) is 4.96. The second kappa shape index (κ2) is 5.32. The van der Waals surface area contributed by atoms with Crippen molar-refractivity contribution >= 4 is 34.2 Å². The van der Waals surface area contributed by atoms with Gasteiger partial charge in [-0.15, -0.1) is 11.6 Å². The minimum absolute atomic E-state index is 0.323. The Hall–Kier alpha value is -1.58. The third-order valence-electron chi connectivity index (χ3n) is 3.42. The summed E-state index contributed by atoms with van der Waals surface area (Å²) in [5.41, 5.74) is 3.30. The number of benzene rings is 2. The van der Waals surface area contributed by atoms with Crippen LogP contribution in [0.5, 0.6) is 0 Å². The molecule has 0 saturated carbocycles. The van der Waals surface area contributed by atoms with Gasteiger partial charge in [0.15, 0.2) is 0 Å². The lowest BCUT2D eigenvalue weighted by atomic mass is 10.2. The van der Waals surface area contributed by atoms with E-state index in [1.807, 2.05) is 36.6 Å². The molecule has 0 N–H and O–H groups in total. The van der Waals surface area contributed by atoms with Crippen molar-refractivity contribution in [1.82, 2.24) is 9.55 Å². The predicted octanol–water partition coefficient (Wildman–Crippen LogP) is 5.43. The molecule has 2 nitrogen and oxygen atoms in total. The molecule has 0 radical (unpaired) electrons. The molecule has 5 heteroatoms. The molecule has 0 aliphatic carbocycles. The minimum atomic E-state index is -0.350. The molecule has 3 aromatic rings. The number of alkyl halides is 1. The summed E-state index contributed by atoms with van der Waals surface area (Å²) in [6, 6.07) is 10.1. The number of fused-ring (bicyclic) bond motifs is 1. The van der Waals surface area contributed by atoms with Crippen LogP contribution in [0.25, 0.3) is 16.7 Å². The first-order chi connectivity index (χ1) is 9.99. The number of nitrogens with zero attached hydrogens (tertiary/aromatic N) is 2. The van der Waals surface area contributed by atoms with E-state index < -0.39 is 0 Å². The minimum Gasteiger partial charge on any atom is -0.293 e. The van der Waals surface area contributed by atoms with Gasteiger partial charge in [0.2, 0.25) is 0 Å². The van der Waals surface area contributed by atoms with Gasteiger partial charge >= 0.3 is 0 Å². The first kappa shape index (κ1) is 14.4. The maximum atomic E-state index is 13.6. The molecule has 0 aliphatic rings. The number of halogens is 3. The second-order valence-corrected chi connectivity index (χ2v) is 6.02. The standard InChI is InChI=1S/C16H13Cl2FN2/c1-9-4-3-5-13-15(9)20-16(10(2)17)21(13)14-8-11(19)6-7-12(14)18/h3-8,10H,1-2H3. The van der Waals surface area contributed by atoms with Crippen LogP contribution in [-0.4, -0.2) is 9.55 Å². The lowest BCUT2D eigenvalue weighted by Crippen LogP contribution is -2.03. The highest BCUT2D eigenvalue weighted by atomic mass is 35.5. The lowest BCUT2D eigenvalue weighted by molar-refractivity contribution is 0.626. The Morgan fingerprint density at radius 2 is 2.00 bits per heavy atom. The van der Waals surface area contributed by atoms with Crippen LogP contribution in [0.3, 0.4) is 0 Å². The van der Waals surface area contributed by atoms with Crippen molar-refractivity contribution in [3.05, 3.63) is 58.6 Å². The van der Waals surface area contributed by atoms with Gasteiger partial charge in [0.05, 0.1) is 27.1 Å². The van der Waals surface area contributed by atoms with Crippen molar-refractivity contribution in [3.63, 3.8) is 0 Å². The van der Waals surface area contributed by atoms with Crippen molar-refractivity contribution in [2.45, 2.75) is 19.2 Å². The summed E-state index contributed by atoms with van der Waals surface area (Å²) in [5.74, 6) is 0.297. The van der Waals surface area contributed by atoms with Gasteiger partial charge in [-0.3, -0.25) is 4.57 Å². The van der Waals surface area contributed by atoms with Gasteiger partial charge in [-0.2, -0.15) is 0 Å². The Morgan fingerprint density at radius 1 is 1.24 bits per heavy atom. The van der Waals surface area contributed by atoms with Gasteiger partial charge in [0.25, 0.3) is 0 Å². The fourth-order valence-corrected chi connectivity index (χ4v) is 2.78. The van der Waals surface area contributed by atoms with E-state index in [2.05, 4.69) is 4.98 Å². The predicted molar refractivity (Wildman–Crippen MR) is 85.0 cm³/mol. The monoisotopic (exact) mass is 322 g/mol. The SMILES string of the molecule is Cc1cccc2c1nc(C(C)Cl)n2-c1cc(F)ccc1Cl. The zero-order chi connectivity index (χ0) is 15.1. The van der Waals surface area contributed by atoms with E-state index in [0.29, 0.717) is 16.5 Å². The van der Waals surface area contributed by atoms with E-state index in [1.54, 1.807) is 0 Å². The molecule has 1 unspecified atom stereocenters. The molecule has 0 aliphatic heterocycles. The Balaban J connectivity index is 2.42. The summed E-state index contributed by atoms with van der Waals surface area (Å²) < 4.78 is 15.5. The maximum Gasteiger partial charge on any atom is 0.132 e. The summed E-state index contributed by atoms with van der Waals surface area (Å²) in [7, 11) is 0. The van der Waals surface area contributed by atoms with Gasteiger partial charge < -0.3 is 0 Å². The molecule has 0 saturated heterocycles. The third kappa shape index (κ3) is 2.41. The normalized spacial score (nSPS) is 12.8. The molecular formula is C16H13Cl2FN2. The van der Waals surface area contributed by atoms with Crippen molar-refractivity contribution in [2.24, 2.45) is 0 Å². The molecule has 3 rings (SSSR count). The molecular weight excluding hydrogens is 310 g/mol. The highest BCUT2D eigenvalue weighted by molar-refractivity contribution is 6.32. The highest BCUT2D eigenvalue weighted by Gasteiger charge is 2.19. The van der Waals surface area contributed by atoms with E-state index in [-0.39, 0.29) is 11.2 Å². The summed E-state index contributed by atoms with van der Waals surface area (Å²) in [6.45, 7) is 3.82. The Kier molecular flexibility index (Phi) is 3.64. The smallest absolute Gasteiger partial charge is 0.132 e. The van der Waals surface area contributed by atoms with Gasteiger partial charge in [-0.25, -0.2) is 9.37 Å². The largest absolute Gasteiger partial charge is 0.293 e. The molecule has 1 aromatic heterocycles. The molecule has 0 bridgehead atoms. The topological polar surface area (TPSA) is 17.8 Å². The number of para-hydroxylation sites is 1. The molecule has 108 valence electrons. The van der Waals surface area contributed by atoms with Crippen molar-refractivity contribution in [1.29, 1.82) is 0 Å². The molecule has 21 heavy (non-hydrogen) atoms. The zero-order valence-corrected chi connectivity index (χ0v) is 13.1. The highest BCUT2D eigenvalue weighted by Crippen LogP contribution is 2.32. The van der Waals surface area contributed by atoms with Crippen LogP contribution < -0.4 is 0 Å². The Morgan fingerprint density at radius 3 is 2.71 bits per heavy atom. The molecule has 1 heterocycles. The molecule has 0 spiro atoms. The van der Waals surface area contributed by atoms with Crippen LogP contribution in [0.2, 0.25) is 5.02 Å². The van der Waals surface area contributed by atoms with Gasteiger partial charge in [-0.1, -0.05) is 23.7 Å². The van der Waals surface area contributed by atoms with Gasteiger partial charge in [0, 0.05) is 0 Å². The van der Waals surface area contributed by atoms with Crippen molar-refractivity contribution in [3.8, 4) is 5.69 Å². The van der Waals surface area contributed by atoms with Crippen molar-refractivity contribution in [2.75, 3.05) is 0 Å². The van der Waals surface area contributed by atoms with Crippen LogP contribution >= 0.6 is 23.2 Å². The number of imidazole rings is 1. The number of hydrogen-bond acceptors (Lipinski definition) is 1. The van der Waals surface area contributed by atoms with Crippen LogP contribution in [0, 0.1) is 12.7 Å². The zero-order valence-electron chi connectivity index (χ0n) is 11.6. The summed E-state index contributed by atoms with van der Waals surface area (Å²) in [5, 5.41) is 0.131. The fraction of sp³-hybridized carbons (Fsp3) is 0.188. The molecule has 1 atom stereocenters. The Bertz CT molecular complexity index is 825. The number of aromatic nitrogens is 2. The average Bonchev–Trinajstić information content (AvgIpc) is 2.82. The van der Waals surface area contributed by atoms with E-state index in [1.165, 1.54) is 18.2 Å². The van der Waals surface area contributed by atoms with E-state index >= 15 is 0 Å². The maximum absolute atomic E-state index is 13.6. The van der Waals surface area contributed by atoms with Crippen molar-refractivity contribution < 1.29 is 4.39 Å². The summed E-state index contributed by atoms with van der Waals surface area (Å²) in [6.07, 6.45) is 0. The summed E-state index contributed by atoms with van der Waals surface area (Å²) >= 11 is 12.5. The lowest BCUT2D eigenvalue weighted by Gasteiger charge is -2.12. The van der Waals surface area contributed by atoms with Gasteiger partial charge in [0.1, 0.15) is 11.6 Å². The summed E-state index contributed by atoms with van der Waals surface area (Å²) in [4.78, 5) is 4.61. The van der Waals surface area contributed by atoms with Gasteiger partial charge in [-0.05, 0) is 43.7 Å². The van der Waals surface area contributed by atoms with E-state index in [9.17, 15) is 4.39 Å². The average molecular weight is 323 g/mol.